The van der Waals surface area contributed by atoms with E-state index >= 15 is 0 Å². The van der Waals surface area contributed by atoms with E-state index in [1.165, 1.54) is 6.08 Å². The molecule has 1 aromatic carbocycles. The molecule has 1 aromatic rings. The number of hydrogen-bond donors (Lipinski definition) is 0. The van der Waals surface area contributed by atoms with E-state index in [0.717, 1.165) is 18.4 Å². The highest BCUT2D eigenvalue weighted by Crippen LogP contribution is 2.18. The summed E-state index contributed by atoms with van der Waals surface area (Å²) < 4.78 is 15.2. The Morgan fingerprint density at radius 1 is 1.23 bits per heavy atom. The van der Waals surface area contributed by atoms with Gasteiger partial charge in [0.2, 0.25) is 0 Å². The molecule has 1 heterocycles. The minimum absolute atomic E-state index is 0.0602. The number of ether oxygens (including phenoxy) is 3. The summed E-state index contributed by atoms with van der Waals surface area (Å²) in [6, 6.07) is 9.27. The summed E-state index contributed by atoms with van der Waals surface area (Å²) in [5.74, 6) is 3.70. The van der Waals surface area contributed by atoms with Gasteiger partial charge in [0, 0.05) is 25.1 Å². The van der Waals surface area contributed by atoms with Crippen LogP contribution in [-0.4, -0.2) is 48.7 Å². The maximum absolute atomic E-state index is 12.0. The average Bonchev–Trinajstić information content (AvgIpc) is 2.76. The molecule has 2 rings (SSSR count). The first kappa shape index (κ1) is 23.0. The first-order chi connectivity index (χ1) is 14.5. The zero-order valence-electron chi connectivity index (χ0n) is 17.3. The fourth-order valence-electron chi connectivity index (χ4n) is 2.93. The molecule has 0 bridgehead atoms. The number of esters is 2. The lowest BCUT2D eigenvalue weighted by atomic mass is 9.98. The second-order valence-corrected chi connectivity index (χ2v) is 6.82. The molecule has 1 fully saturated rings. The van der Waals surface area contributed by atoms with Crippen LogP contribution in [0.25, 0.3) is 0 Å². The molecular formula is C23H27NO6. The Hall–Kier alpha value is -3.27. The number of rotatable bonds is 6. The predicted octanol–water partition coefficient (Wildman–Crippen LogP) is 3.09. The highest BCUT2D eigenvalue weighted by Gasteiger charge is 2.23. The van der Waals surface area contributed by atoms with Crippen LogP contribution in [0.15, 0.2) is 42.5 Å². The van der Waals surface area contributed by atoms with Gasteiger partial charge in [-0.25, -0.2) is 14.4 Å². The van der Waals surface area contributed by atoms with E-state index in [4.69, 9.17) is 14.2 Å². The number of benzene rings is 1. The molecule has 30 heavy (non-hydrogen) atoms. The van der Waals surface area contributed by atoms with Crippen molar-refractivity contribution in [2.45, 2.75) is 39.4 Å². The van der Waals surface area contributed by atoms with Gasteiger partial charge in [-0.3, -0.25) is 0 Å². The van der Waals surface area contributed by atoms with Crippen LogP contribution in [0.1, 0.15) is 32.3 Å². The van der Waals surface area contributed by atoms with E-state index in [0.29, 0.717) is 19.7 Å². The Kier molecular flexibility index (Phi) is 9.46. The first-order valence-electron chi connectivity index (χ1n) is 10.0. The molecule has 160 valence electrons. The fourth-order valence-corrected chi connectivity index (χ4v) is 2.93. The van der Waals surface area contributed by atoms with Crippen molar-refractivity contribution in [3.8, 4) is 11.8 Å². The number of carbonyl (C=O) groups excluding carboxylic acids is 3. The molecule has 0 spiro atoms. The summed E-state index contributed by atoms with van der Waals surface area (Å²) in [5.41, 5.74) is 0.862. The normalized spacial score (nSPS) is 16.9. The maximum atomic E-state index is 12.0. The average molecular weight is 413 g/mol. The highest BCUT2D eigenvalue weighted by atomic mass is 16.6. The number of piperidine rings is 1. The van der Waals surface area contributed by atoms with Gasteiger partial charge in [0.15, 0.2) is 6.10 Å². The molecule has 1 amide bonds. The summed E-state index contributed by atoms with van der Waals surface area (Å²) in [6.45, 7) is 4.97. The van der Waals surface area contributed by atoms with Gasteiger partial charge < -0.3 is 19.1 Å². The zero-order valence-corrected chi connectivity index (χ0v) is 17.3. The van der Waals surface area contributed by atoms with Crippen molar-refractivity contribution in [3.63, 3.8) is 0 Å². The minimum atomic E-state index is -0.756. The predicted molar refractivity (Wildman–Crippen MR) is 110 cm³/mol. The van der Waals surface area contributed by atoms with E-state index in [-0.39, 0.29) is 18.6 Å². The Morgan fingerprint density at radius 2 is 2.00 bits per heavy atom. The molecule has 7 heteroatoms. The molecule has 2 atom stereocenters. The highest BCUT2D eigenvalue weighted by molar-refractivity contribution is 5.88. The van der Waals surface area contributed by atoms with E-state index in [2.05, 4.69) is 11.8 Å². The summed E-state index contributed by atoms with van der Waals surface area (Å²) in [6.07, 6.45) is 3.71. The van der Waals surface area contributed by atoms with Crippen molar-refractivity contribution in [2.24, 2.45) is 5.92 Å². The van der Waals surface area contributed by atoms with Crippen molar-refractivity contribution < 1.29 is 28.6 Å². The summed E-state index contributed by atoms with van der Waals surface area (Å²) in [7, 11) is 0. The Labute approximate surface area is 177 Å². The van der Waals surface area contributed by atoms with Gasteiger partial charge in [0.25, 0.3) is 0 Å². The smallest absolute Gasteiger partial charge is 0.409 e. The van der Waals surface area contributed by atoms with E-state index in [1.54, 1.807) is 24.8 Å². The molecule has 0 aliphatic carbocycles. The SMILES string of the molecule is CCOC(=O)N1CCCC(/C=C/C(=O)O[C@H](C)C#CC(=O)OCc2ccccc2)C1. The number of likely N-dealkylation sites (tertiary alicyclic amines) is 1. The third-order valence-electron chi connectivity index (χ3n) is 4.37. The standard InChI is InChI=1S/C23H27NO6/c1-3-28-23(27)24-15-7-10-19(16-24)12-14-22(26)30-18(2)11-13-21(25)29-17-20-8-5-4-6-9-20/h4-6,8-9,12,14,18-19H,3,7,10,15-17H2,1-2H3/b14-12+/t18-,19?/m1/s1. The molecule has 0 aromatic heterocycles. The van der Waals surface area contributed by atoms with Crippen LogP contribution in [0.4, 0.5) is 4.79 Å². The monoisotopic (exact) mass is 413 g/mol. The largest absolute Gasteiger partial charge is 0.451 e. The fraction of sp³-hybridized carbons (Fsp3) is 0.435. The summed E-state index contributed by atoms with van der Waals surface area (Å²) >= 11 is 0. The third-order valence-corrected chi connectivity index (χ3v) is 4.37. The van der Waals surface area contributed by atoms with Gasteiger partial charge in [-0.05, 0) is 44.1 Å². The van der Waals surface area contributed by atoms with Crippen LogP contribution in [0.3, 0.4) is 0 Å². The molecule has 1 unspecified atom stereocenters. The quantitative estimate of drug-likeness (QED) is 0.234. The minimum Gasteiger partial charge on any atom is -0.451 e. The van der Waals surface area contributed by atoms with Gasteiger partial charge in [-0.2, -0.15) is 0 Å². The van der Waals surface area contributed by atoms with Crippen LogP contribution in [-0.2, 0) is 30.4 Å². The van der Waals surface area contributed by atoms with Gasteiger partial charge in [0.1, 0.15) is 6.61 Å². The Bertz CT molecular complexity index is 808. The lowest BCUT2D eigenvalue weighted by molar-refractivity contribution is -0.140. The lowest BCUT2D eigenvalue weighted by Gasteiger charge is -2.30. The molecule has 0 N–H and O–H groups in total. The Morgan fingerprint density at radius 3 is 2.73 bits per heavy atom. The number of nitrogens with zero attached hydrogens (tertiary/aromatic N) is 1. The van der Waals surface area contributed by atoms with Crippen molar-refractivity contribution in [3.05, 3.63) is 48.0 Å². The molecule has 1 saturated heterocycles. The van der Waals surface area contributed by atoms with Crippen molar-refractivity contribution in [2.75, 3.05) is 19.7 Å². The third kappa shape index (κ3) is 8.39. The van der Waals surface area contributed by atoms with Crippen LogP contribution in [0.2, 0.25) is 0 Å². The second-order valence-electron chi connectivity index (χ2n) is 6.82. The molecule has 1 aliphatic heterocycles. The number of carbonyl (C=O) groups is 3. The summed E-state index contributed by atoms with van der Waals surface area (Å²) in [4.78, 5) is 37.1. The van der Waals surface area contributed by atoms with Crippen LogP contribution in [0, 0.1) is 17.8 Å². The molecule has 1 aliphatic rings. The number of amides is 1. The van der Waals surface area contributed by atoms with Crippen molar-refractivity contribution in [1.82, 2.24) is 4.90 Å². The van der Waals surface area contributed by atoms with Crippen molar-refractivity contribution in [1.29, 1.82) is 0 Å². The lowest BCUT2D eigenvalue weighted by Crippen LogP contribution is -2.39. The maximum Gasteiger partial charge on any atom is 0.409 e. The van der Waals surface area contributed by atoms with Crippen LogP contribution in [0.5, 0.6) is 0 Å². The Balaban J connectivity index is 1.74. The first-order valence-corrected chi connectivity index (χ1v) is 10.0. The molecule has 0 saturated carbocycles. The van der Waals surface area contributed by atoms with Crippen LogP contribution >= 0.6 is 0 Å². The van der Waals surface area contributed by atoms with Gasteiger partial charge in [0.05, 0.1) is 6.61 Å². The van der Waals surface area contributed by atoms with Gasteiger partial charge in [-0.15, -0.1) is 0 Å². The molecule has 0 radical (unpaired) electrons. The topological polar surface area (TPSA) is 82.1 Å². The second kappa shape index (κ2) is 12.3. The molecular weight excluding hydrogens is 386 g/mol. The van der Waals surface area contributed by atoms with E-state index in [1.807, 2.05) is 30.3 Å². The summed E-state index contributed by atoms with van der Waals surface area (Å²) in [5, 5.41) is 0. The number of hydrogen-bond acceptors (Lipinski definition) is 6. The van der Waals surface area contributed by atoms with Crippen molar-refractivity contribution >= 4 is 18.0 Å². The van der Waals surface area contributed by atoms with E-state index in [9.17, 15) is 14.4 Å². The van der Waals surface area contributed by atoms with E-state index < -0.39 is 18.0 Å². The van der Waals surface area contributed by atoms with Crippen LogP contribution < -0.4 is 0 Å². The molecule has 7 nitrogen and oxygen atoms in total. The van der Waals surface area contributed by atoms with Gasteiger partial charge in [-0.1, -0.05) is 36.4 Å². The van der Waals surface area contributed by atoms with Gasteiger partial charge >= 0.3 is 18.0 Å². The zero-order chi connectivity index (χ0) is 21.8.